The number of halogens is 4. The second-order valence-electron chi connectivity index (χ2n) is 5.38. The van der Waals surface area contributed by atoms with Gasteiger partial charge in [-0.3, -0.25) is 4.68 Å². The van der Waals surface area contributed by atoms with E-state index in [0.717, 1.165) is 21.4 Å². The fourth-order valence-corrected chi connectivity index (χ4v) is 3.48. The molecule has 1 aromatic heterocycles. The van der Waals surface area contributed by atoms with E-state index in [9.17, 15) is 0 Å². The van der Waals surface area contributed by atoms with Crippen molar-refractivity contribution in [3.8, 4) is 0 Å². The van der Waals surface area contributed by atoms with Crippen LogP contribution in [0.3, 0.4) is 0 Å². The van der Waals surface area contributed by atoms with Gasteiger partial charge in [-0.05, 0) is 48.1 Å². The van der Waals surface area contributed by atoms with Crippen molar-refractivity contribution in [1.29, 1.82) is 0 Å². The summed E-state index contributed by atoms with van der Waals surface area (Å²) in [4.78, 5) is 0. The highest BCUT2D eigenvalue weighted by molar-refractivity contribution is 9.10. The molecular formula is C17H12BrCl3N4S. The molecule has 1 heterocycles. The molecule has 9 heteroatoms. The van der Waals surface area contributed by atoms with Gasteiger partial charge in [0, 0.05) is 10.7 Å². The summed E-state index contributed by atoms with van der Waals surface area (Å²) in [7, 11) is 0. The Morgan fingerprint density at radius 2 is 1.85 bits per heavy atom. The van der Waals surface area contributed by atoms with E-state index in [-0.39, 0.29) is 0 Å². The number of aromatic nitrogens is 2. The molecule has 0 saturated carbocycles. The lowest BCUT2D eigenvalue weighted by Gasteiger charge is -2.10. The molecule has 0 atom stereocenters. The summed E-state index contributed by atoms with van der Waals surface area (Å²) in [6.07, 6.45) is 3.54. The summed E-state index contributed by atoms with van der Waals surface area (Å²) in [6, 6.07) is 11.0. The molecule has 0 radical (unpaired) electrons. The molecule has 0 spiro atoms. The molecule has 0 bridgehead atoms. The number of hydrogen-bond donors (Lipinski definition) is 2. The molecule has 0 fully saturated rings. The fourth-order valence-electron chi connectivity index (χ4n) is 2.22. The van der Waals surface area contributed by atoms with E-state index >= 15 is 0 Å². The molecule has 4 nitrogen and oxygen atoms in total. The number of nitrogens with zero attached hydrogens (tertiary/aromatic N) is 2. The third-order valence-electron chi connectivity index (χ3n) is 3.40. The SMILES string of the molecule is S=C(Nc1cnn(Cc2ccc(Cl)c(Cl)c2)c1)Nc1ccc(Br)cc1Cl. The minimum atomic E-state index is 0.420. The first-order chi connectivity index (χ1) is 12.4. The normalized spacial score (nSPS) is 10.6. The largest absolute Gasteiger partial charge is 0.331 e. The standard InChI is InChI=1S/C17H12BrCl3N4S/c18-11-2-4-16(15(21)6-11)24-17(26)23-12-7-22-25(9-12)8-10-1-3-13(19)14(20)5-10/h1-7,9H,8H2,(H2,23,24,26). The van der Waals surface area contributed by atoms with Gasteiger partial charge in [-0.1, -0.05) is 56.8 Å². The molecule has 134 valence electrons. The Morgan fingerprint density at radius 3 is 2.58 bits per heavy atom. The van der Waals surface area contributed by atoms with Crippen LogP contribution < -0.4 is 10.6 Å². The zero-order valence-corrected chi connectivity index (χ0v) is 17.8. The van der Waals surface area contributed by atoms with E-state index in [0.29, 0.717) is 26.7 Å². The van der Waals surface area contributed by atoms with Crippen molar-refractivity contribution in [3.05, 3.63) is 73.9 Å². The molecule has 3 rings (SSSR count). The summed E-state index contributed by atoms with van der Waals surface area (Å²) >= 11 is 26.8. The van der Waals surface area contributed by atoms with Gasteiger partial charge in [0.15, 0.2) is 5.11 Å². The van der Waals surface area contributed by atoms with Gasteiger partial charge >= 0.3 is 0 Å². The van der Waals surface area contributed by atoms with Crippen molar-refractivity contribution in [2.45, 2.75) is 6.54 Å². The quantitative estimate of drug-likeness (QED) is 0.412. The van der Waals surface area contributed by atoms with Crippen LogP contribution in [0.5, 0.6) is 0 Å². The Hall–Kier alpha value is -1.31. The fraction of sp³-hybridized carbons (Fsp3) is 0.0588. The van der Waals surface area contributed by atoms with E-state index < -0.39 is 0 Å². The van der Waals surface area contributed by atoms with E-state index in [2.05, 4.69) is 31.7 Å². The molecule has 26 heavy (non-hydrogen) atoms. The first-order valence-corrected chi connectivity index (χ1v) is 9.73. The Morgan fingerprint density at radius 1 is 1.04 bits per heavy atom. The molecule has 0 aliphatic rings. The van der Waals surface area contributed by atoms with Crippen LogP contribution in [0.25, 0.3) is 0 Å². The number of benzene rings is 2. The van der Waals surface area contributed by atoms with Crippen molar-refractivity contribution in [1.82, 2.24) is 9.78 Å². The van der Waals surface area contributed by atoms with Gasteiger partial charge < -0.3 is 10.6 Å². The third-order valence-corrected chi connectivity index (χ3v) is 5.15. The monoisotopic (exact) mass is 488 g/mol. The topological polar surface area (TPSA) is 41.9 Å². The van der Waals surface area contributed by atoms with Crippen molar-refractivity contribution < 1.29 is 0 Å². The lowest BCUT2D eigenvalue weighted by Crippen LogP contribution is -2.19. The summed E-state index contributed by atoms with van der Waals surface area (Å²) in [5.74, 6) is 0. The maximum atomic E-state index is 6.18. The first-order valence-electron chi connectivity index (χ1n) is 7.40. The van der Waals surface area contributed by atoms with Crippen molar-refractivity contribution >= 4 is 79.4 Å². The molecule has 2 aromatic carbocycles. The van der Waals surface area contributed by atoms with Gasteiger partial charge in [-0.15, -0.1) is 0 Å². The van der Waals surface area contributed by atoms with E-state index in [1.807, 2.05) is 30.5 Å². The maximum Gasteiger partial charge on any atom is 0.175 e. The molecular weight excluding hydrogens is 479 g/mol. The highest BCUT2D eigenvalue weighted by atomic mass is 79.9. The van der Waals surface area contributed by atoms with Crippen LogP contribution >= 0.6 is 63.0 Å². The average molecular weight is 491 g/mol. The van der Waals surface area contributed by atoms with E-state index in [1.54, 1.807) is 23.0 Å². The minimum absolute atomic E-state index is 0.420. The molecule has 0 aliphatic carbocycles. The zero-order chi connectivity index (χ0) is 18.7. The lowest BCUT2D eigenvalue weighted by molar-refractivity contribution is 0.687. The minimum Gasteiger partial charge on any atom is -0.331 e. The molecule has 3 aromatic rings. The predicted molar refractivity (Wildman–Crippen MR) is 117 cm³/mol. The number of rotatable bonds is 4. The van der Waals surface area contributed by atoms with Crippen LogP contribution in [0.1, 0.15) is 5.56 Å². The second-order valence-corrected chi connectivity index (χ2v) is 7.92. The van der Waals surface area contributed by atoms with Crippen molar-refractivity contribution in [3.63, 3.8) is 0 Å². The molecule has 2 N–H and O–H groups in total. The van der Waals surface area contributed by atoms with Gasteiger partial charge in [0.2, 0.25) is 0 Å². The maximum absolute atomic E-state index is 6.18. The Kier molecular flexibility index (Phi) is 6.42. The summed E-state index contributed by atoms with van der Waals surface area (Å²) < 4.78 is 2.67. The van der Waals surface area contributed by atoms with Crippen LogP contribution in [-0.2, 0) is 6.54 Å². The number of thiocarbonyl (C=S) groups is 1. The van der Waals surface area contributed by atoms with Crippen LogP contribution in [0.2, 0.25) is 15.1 Å². The zero-order valence-electron chi connectivity index (χ0n) is 13.1. The summed E-state index contributed by atoms with van der Waals surface area (Å²) in [5.41, 5.74) is 2.47. The van der Waals surface area contributed by atoms with E-state index in [4.69, 9.17) is 47.0 Å². The molecule has 0 unspecified atom stereocenters. The predicted octanol–water partition coefficient (Wildman–Crippen LogP) is 6.46. The number of anilines is 2. The highest BCUT2D eigenvalue weighted by Gasteiger charge is 2.06. The molecule has 0 amide bonds. The van der Waals surface area contributed by atoms with Crippen LogP contribution in [0.4, 0.5) is 11.4 Å². The Labute approximate surface area is 179 Å². The third kappa shape index (κ3) is 5.11. The van der Waals surface area contributed by atoms with Crippen LogP contribution in [0, 0.1) is 0 Å². The first kappa shape index (κ1) is 19.5. The molecule has 0 aliphatic heterocycles. The van der Waals surface area contributed by atoms with Crippen molar-refractivity contribution in [2.24, 2.45) is 0 Å². The second kappa shape index (κ2) is 8.59. The lowest BCUT2D eigenvalue weighted by atomic mass is 10.2. The van der Waals surface area contributed by atoms with Gasteiger partial charge in [0.05, 0.1) is 39.2 Å². The Bertz CT molecular complexity index is 961. The van der Waals surface area contributed by atoms with E-state index in [1.165, 1.54) is 0 Å². The van der Waals surface area contributed by atoms with Crippen LogP contribution in [-0.4, -0.2) is 14.9 Å². The average Bonchev–Trinajstić information content (AvgIpc) is 3.00. The highest BCUT2D eigenvalue weighted by Crippen LogP contribution is 2.26. The van der Waals surface area contributed by atoms with Crippen LogP contribution in [0.15, 0.2) is 53.3 Å². The van der Waals surface area contributed by atoms with Gasteiger partial charge in [0.25, 0.3) is 0 Å². The summed E-state index contributed by atoms with van der Waals surface area (Å²) in [5, 5.41) is 12.5. The number of hydrogen-bond acceptors (Lipinski definition) is 2. The molecule has 0 saturated heterocycles. The van der Waals surface area contributed by atoms with Gasteiger partial charge in [-0.2, -0.15) is 5.10 Å². The summed E-state index contributed by atoms with van der Waals surface area (Å²) in [6.45, 7) is 0.567. The van der Waals surface area contributed by atoms with Gasteiger partial charge in [0.1, 0.15) is 0 Å². The Balaban J connectivity index is 1.62. The van der Waals surface area contributed by atoms with Gasteiger partial charge in [-0.25, -0.2) is 0 Å². The van der Waals surface area contributed by atoms with Crippen molar-refractivity contribution in [2.75, 3.05) is 10.6 Å². The smallest absolute Gasteiger partial charge is 0.175 e. The number of nitrogens with one attached hydrogen (secondary N) is 2.